The minimum Gasteiger partial charge on any atom is -0.357 e. The molecule has 1 fully saturated rings. The van der Waals surface area contributed by atoms with Gasteiger partial charge in [0.1, 0.15) is 5.82 Å². The first-order valence-corrected chi connectivity index (χ1v) is 11.1. The summed E-state index contributed by atoms with van der Waals surface area (Å²) in [6, 6.07) is 11.2. The van der Waals surface area contributed by atoms with Gasteiger partial charge in [-0.15, -0.1) is 24.0 Å². The van der Waals surface area contributed by atoms with Crippen molar-refractivity contribution in [2.75, 3.05) is 32.7 Å². The summed E-state index contributed by atoms with van der Waals surface area (Å²) in [5, 5.41) is 6.91. The first-order valence-electron chi connectivity index (χ1n) is 11.1. The lowest BCUT2D eigenvalue weighted by molar-refractivity contribution is 0.251. The number of unbranched alkanes of at least 4 members (excludes halogenated alkanes) is 1. The fourth-order valence-electron chi connectivity index (χ4n) is 3.93. The Balaban J connectivity index is 0.00000320. The van der Waals surface area contributed by atoms with Crippen LogP contribution < -0.4 is 10.6 Å². The van der Waals surface area contributed by atoms with Gasteiger partial charge in [0.05, 0.1) is 12.6 Å². The molecule has 0 bridgehead atoms. The number of hydrogen-bond acceptors (Lipinski definition) is 3. The number of likely N-dealkylation sites (tertiary alicyclic amines) is 1. The Morgan fingerprint density at radius 3 is 2.57 bits per heavy atom. The number of aliphatic imine (C=N–C) groups is 1. The van der Waals surface area contributed by atoms with Crippen molar-refractivity contribution in [2.45, 2.75) is 52.1 Å². The number of aryl methyl sites for hydroxylation is 2. The molecule has 1 aliphatic heterocycles. The molecule has 2 heterocycles. The van der Waals surface area contributed by atoms with E-state index >= 15 is 0 Å². The van der Waals surface area contributed by atoms with Crippen molar-refractivity contribution in [3.8, 4) is 0 Å². The van der Waals surface area contributed by atoms with E-state index in [2.05, 4.69) is 75.5 Å². The van der Waals surface area contributed by atoms with Crippen LogP contribution in [0.2, 0.25) is 0 Å². The quantitative estimate of drug-likeness (QED) is 0.214. The minimum absolute atomic E-state index is 0. The zero-order chi connectivity index (χ0) is 20.3. The van der Waals surface area contributed by atoms with Crippen LogP contribution in [-0.4, -0.2) is 53.1 Å². The molecule has 0 aliphatic carbocycles. The SMILES string of the molecule is CCNC(=NCC(c1ccccc1)N1CCCC1)NCCCCn1ccnc1C.I. The topological polar surface area (TPSA) is 57.5 Å². The van der Waals surface area contributed by atoms with Crippen molar-refractivity contribution in [3.05, 3.63) is 54.1 Å². The Hall–Kier alpha value is -1.61. The highest BCUT2D eigenvalue weighted by Crippen LogP contribution is 2.25. The van der Waals surface area contributed by atoms with Gasteiger partial charge < -0.3 is 15.2 Å². The van der Waals surface area contributed by atoms with E-state index in [1.165, 1.54) is 31.5 Å². The Kier molecular flexibility index (Phi) is 11.2. The second-order valence-corrected chi connectivity index (χ2v) is 7.69. The van der Waals surface area contributed by atoms with Gasteiger partial charge in [0, 0.05) is 32.0 Å². The molecule has 1 atom stereocenters. The number of halogens is 1. The summed E-state index contributed by atoms with van der Waals surface area (Å²) < 4.78 is 2.21. The molecule has 3 rings (SSSR count). The summed E-state index contributed by atoms with van der Waals surface area (Å²) >= 11 is 0. The number of nitrogens with zero attached hydrogens (tertiary/aromatic N) is 4. The van der Waals surface area contributed by atoms with Gasteiger partial charge in [-0.3, -0.25) is 9.89 Å². The van der Waals surface area contributed by atoms with Crippen LogP contribution in [0, 0.1) is 6.92 Å². The van der Waals surface area contributed by atoms with Crippen LogP contribution in [-0.2, 0) is 6.54 Å². The van der Waals surface area contributed by atoms with E-state index in [-0.39, 0.29) is 24.0 Å². The van der Waals surface area contributed by atoms with Crippen LogP contribution in [0.1, 0.15) is 50.0 Å². The van der Waals surface area contributed by atoms with E-state index in [1.807, 2.05) is 6.20 Å². The molecule has 166 valence electrons. The summed E-state index contributed by atoms with van der Waals surface area (Å²) in [6.45, 7) is 10.1. The lowest BCUT2D eigenvalue weighted by Crippen LogP contribution is -2.39. The number of aromatic nitrogens is 2. The largest absolute Gasteiger partial charge is 0.357 e. The van der Waals surface area contributed by atoms with Crippen LogP contribution >= 0.6 is 24.0 Å². The first kappa shape index (κ1) is 24.7. The predicted molar refractivity (Wildman–Crippen MR) is 136 cm³/mol. The molecule has 1 aromatic carbocycles. The van der Waals surface area contributed by atoms with E-state index in [9.17, 15) is 0 Å². The number of benzene rings is 1. The van der Waals surface area contributed by atoms with Gasteiger partial charge in [0.2, 0.25) is 0 Å². The summed E-state index contributed by atoms with van der Waals surface area (Å²) in [5.74, 6) is 2.01. The molecule has 0 radical (unpaired) electrons. The predicted octanol–water partition coefficient (Wildman–Crippen LogP) is 3.98. The van der Waals surface area contributed by atoms with Crippen molar-refractivity contribution in [3.63, 3.8) is 0 Å². The second-order valence-electron chi connectivity index (χ2n) is 7.69. The van der Waals surface area contributed by atoms with Gasteiger partial charge in [-0.25, -0.2) is 4.98 Å². The van der Waals surface area contributed by atoms with Crippen LogP contribution in [0.15, 0.2) is 47.7 Å². The Morgan fingerprint density at radius 1 is 1.13 bits per heavy atom. The van der Waals surface area contributed by atoms with Gasteiger partial charge in [-0.05, 0) is 58.2 Å². The molecule has 0 saturated carbocycles. The highest BCUT2D eigenvalue weighted by atomic mass is 127. The van der Waals surface area contributed by atoms with E-state index in [0.717, 1.165) is 50.8 Å². The van der Waals surface area contributed by atoms with Gasteiger partial charge in [-0.1, -0.05) is 30.3 Å². The lowest BCUT2D eigenvalue weighted by Gasteiger charge is -2.27. The molecule has 2 N–H and O–H groups in total. The third kappa shape index (κ3) is 7.58. The lowest BCUT2D eigenvalue weighted by atomic mass is 10.1. The van der Waals surface area contributed by atoms with Gasteiger partial charge >= 0.3 is 0 Å². The number of rotatable bonds is 10. The molecule has 6 nitrogen and oxygen atoms in total. The van der Waals surface area contributed by atoms with Crippen molar-refractivity contribution >= 4 is 29.9 Å². The van der Waals surface area contributed by atoms with Crippen LogP contribution in [0.3, 0.4) is 0 Å². The summed E-state index contributed by atoms with van der Waals surface area (Å²) in [4.78, 5) is 11.8. The smallest absolute Gasteiger partial charge is 0.191 e. The molecule has 1 aliphatic rings. The molecule has 1 aromatic heterocycles. The second kappa shape index (κ2) is 13.6. The zero-order valence-corrected chi connectivity index (χ0v) is 20.7. The molecule has 0 amide bonds. The highest BCUT2D eigenvalue weighted by Gasteiger charge is 2.23. The standard InChI is InChI=1S/C23H36N6.HI/c1-3-24-23(26-13-7-8-15-28-18-14-25-20(28)2)27-19-22(29-16-9-10-17-29)21-11-5-4-6-12-21;/h4-6,11-12,14,18,22H,3,7-10,13,15-17,19H2,1-2H3,(H2,24,26,27);1H. The third-order valence-corrected chi connectivity index (χ3v) is 5.57. The third-order valence-electron chi connectivity index (χ3n) is 5.57. The molecular weight excluding hydrogens is 487 g/mol. The molecular formula is C23H37IN6. The fraction of sp³-hybridized carbons (Fsp3) is 0.565. The van der Waals surface area contributed by atoms with Gasteiger partial charge in [0.15, 0.2) is 5.96 Å². The van der Waals surface area contributed by atoms with Crippen molar-refractivity contribution in [2.24, 2.45) is 4.99 Å². The zero-order valence-electron chi connectivity index (χ0n) is 18.4. The van der Waals surface area contributed by atoms with E-state index in [1.54, 1.807) is 0 Å². The van der Waals surface area contributed by atoms with Crippen molar-refractivity contribution in [1.29, 1.82) is 0 Å². The van der Waals surface area contributed by atoms with Crippen LogP contribution in [0.25, 0.3) is 0 Å². The monoisotopic (exact) mass is 524 g/mol. The molecule has 0 spiro atoms. The van der Waals surface area contributed by atoms with Crippen molar-refractivity contribution in [1.82, 2.24) is 25.1 Å². The molecule has 2 aromatic rings. The van der Waals surface area contributed by atoms with E-state index in [4.69, 9.17) is 4.99 Å². The van der Waals surface area contributed by atoms with Crippen LogP contribution in [0.5, 0.6) is 0 Å². The van der Waals surface area contributed by atoms with Crippen LogP contribution in [0.4, 0.5) is 0 Å². The van der Waals surface area contributed by atoms with Gasteiger partial charge in [-0.2, -0.15) is 0 Å². The average Bonchev–Trinajstić information content (AvgIpc) is 3.41. The van der Waals surface area contributed by atoms with Gasteiger partial charge in [0.25, 0.3) is 0 Å². The summed E-state index contributed by atoms with van der Waals surface area (Å²) in [5.41, 5.74) is 1.37. The molecule has 1 unspecified atom stereocenters. The highest BCUT2D eigenvalue weighted by molar-refractivity contribution is 14.0. The maximum Gasteiger partial charge on any atom is 0.191 e. The van der Waals surface area contributed by atoms with E-state index in [0.29, 0.717) is 6.04 Å². The molecule has 30 heavy (non-hydrogen) atoms. The maximum atomic E-state index is 4.93. The molecule has 1 saturated heterocycles. The Labute approximate surface area is 198 Å². The Bertz CT molecular complexity index is 739. The van der Waals surface area contributed by atoms with E-state index < -0.39 is 0 Å². The number of imidazole rings is 1. The maximum absolute atomic E-state index is 4.93. The molecule has 7 heteroatoms. The number of nitrogens with one attached hydrogen (secondary N) is 2. The fourth-order valence-corrected chi connectivity index (χ4v) is 3.93. The van der Waals surface area contributed by atoms with Crippen molar-refractivity contribution < 1.29 is 0 Å². The normalized spacial score (nSPS) is 15.6. The number of guanidine groups is 1. The average molecular weight is 524 g/mol. The Morgan fingerprint density at radius 2 is 1.90 bits per heavy atom. The number of hydrogen-bond donors (Lipinski definition) is 2. The summed E-state index contributed by atoms with van der Waals surface area (Å²) in [6.07, 6.45) is 8.74. The first-order chi connectivity index (χ1) is 14.3. The minimum atomic E-state index is 0. The summed E-state index contributed by atoms with van der Waals surface area (Å²) in [7, 11) is 0.